The normalized spacial score (nSPS) is 14.0. The number of carbonyl (C=O) groups is 13. The maximum Gasteiger partial charge on any atom is 0.407 e. The first kappa shape index (κ1) is 84.0. The molecule has 30 nitrogen and oxygen atoms in total. The third-order valence-corrected chi connectivity index (χ3v) is 19.0. The Kier molecular flexibility index (Phi) is 29.8. The SMILES string of the molecule is CC(C)C[C@H](NC(=O)[C@H](C)NC(=O)OCC1c2ccccc2-c2ccccc21)C(=O)N[C@@H](CCC(N)=O)C(=O)N[C@@H](Cc1ccccc1)C(=O)Nc1cc(OCC(N)=O)cc(NC(=O)[C@H](Cc2ccccc2)NC(=O)[C@H](CCC(N)=O)NC(=O)[C@H](CC(C)C)NC(=O)[C@H](C)NC(=O)OCC2c3ccccc3-c3ccccc32)n1. The number of primary amides is 3. The summed E-state index contributed by atoms with van der Waals surface area (Å²) in [4.78, 5) is 183. The lowest BCUT2D eigenvalue weighted by Crippen LogP contribution is -2.58. The highest BCUT2D eigenvalue weighted by atomic mass is 16.6. The van der Waals surface area contributed by atoms with Crippen molar-refractivity contribution < 1.29 is 76.5 Å². The molecule has 30 heteroatoms. The van der Waals surface area contributed by atoms with E-state index in [-0.39, 0.29) is 92.8 Å². The Morgan fingerprint density at radius 1 is 0.363 bits per heavy atom. The molecule has 0 radical (unpaired) electrons. The maximum absolute atomic E-state index is 14.8. The quantitative estimate of drug-likeness (QED) is 0.0220. The second-order valence-corrected chi connectivity index (χ2v) is 28.7. The lowest BCUT2D eigenvalue weighted by atomic mass is 9.98. The molecule has 0 saturated heterocycles. The third kappa shape index (κ3) is 24.2. The van der Waals surface area contributed by atoms with E-state index < -0.39 is 145 Å². The average molecular weight is 1550 g/mol. The molecule has 13 amide bonds. The molecule has 16 N–H and O–H groups in total. The summed E-state index contributed by atoms with van der Waals surface area (Å²) in [5.41, 5.74) is 25.7. The summed E-state index contributed by atoms with van der Waals surface area (Å²) in [7, 11) is 0. The number of fused-ring (bicyclic) bond motifs is 6. The Bertz CT molecular complexity index is 4250. The van der Waals surface area contributed by atoms with E-state index in [4.69, 9.17) is 31.4 Å². The van der Waals surface area contributed by atoms with Gasteiger partial charge in [0, 0.05) is 49.7 Å². The summed E-state index contributed by atoms with van der Waals surface area (Å²) >= 11 is 0. The van der Waals surface area contributed by atoms with Crippen LogP contribution in [0.4, 0.5) is 21.2 Å². The molecule has 6 aromatic carbocycles. The number of nitrogens with two attached hydrogens (primary N) is 3. The van der Waals surface area contributed by atoms with Crippen molar-refractivity contribution in [1.29, 1.82) is 0 Å². The number of hydrogen-bond donors (Lipinski definition) is 13. The molecule has 0 aliphatic heterocycles. The number of alkyl carbamates (subject to hydrolysis) is 2. The maximum atomic E-state index is 14.8. The van der Waals surface area contributed by atoms with Crippen LogP contribution in [0.5, 0.6) is 5.75 Å². The molecule has 0 unspecified atom stereocenters. The first-order chi connectivity index (χ1) is 54.1. The van der Waals surface area contributed by atoms with E-state index in [1.165, 1.54) is 26.0 Å². The molecule has 0 fully saturated rings. The van der Waals surface area contributed by atoms with Crippen molar-refractivity contribution in [2.24, 2.45) is 29.0 Å². The van der Waals surface area contributed by atoms with E-state index >= 15 is 0 Å². The lowest BCUT2D eigenvalue weighted by Gasteiger charge is -2.27. The molecule has 1 heterocycles. The van der Waals surface area contributed by atoms with Crippen molar-refractivity contribution in [3.8, 4) is 28.0 Å². The van der Waals surface area contributed by atoms with E-state index in [0.717, 1.165) is 44.5 Å². The van der Waals surface area contributed by atoms with Gasteiger partial charge in [-0.05, 0) is 107 Å². The number of carbonyl (C=O) groups excluding carboxylic acids is 13. The van der Waals surface area contributed by atoms with Crippen molar-refractivity contribution in [3.05, 3.63) is 203 Å². The molecule has 8 atom stereocenters. The number of rotatable bonds is 39. The molecule has 0 spiro atoms. The zero-order valence-electron chi connectivity index (χ0n) is 63.6. The summed E-state index contributed by atoms with van der Waals surface area (Å²) in [6.07, 6.45) is -3.70. The molecule has 0 bridgehead atoms. The first-order valence-corrected chi connectivity index (χ1v) is 37.3. The summed E-state index contributed by atoms with van der Waals surface area (Å²) < 4.78 is 17.0. The van der Waals surface area contributed by atoms with E-state index in [9.17, 15) is 62.3 Å². The van der Waals surface area contributed by atoms with Gasteiger partial charge in [0.2, 0.25) is 59.1 Å². The zero-order chi connectivity index (χ0) is 81.4. The van der Waals surface area contributed by atoms with Crippen molar-refractivity contribution in [2.75, 3.05) is 30.5 Å². The van der Waals surface area contributed by atoms with Gasteiger partial charge >= 0.3 is 12.2 Å². The van der Waals surface area contributed by atoms with Gasteiger partial charge in [-0.3, -0.25) is 52.7 Å². The average Bonchev–Trinajstić information content (AvgIpc) is 1.62. The third-order valence-electron chi connectivity index (χ3n) is 19.0. The molecule has 2 aliphatic carbocycles. The largest absolute Gasteiger partial charge is 0.484 e. The topological polar surface area (TPSA) is 461 Å². The minimum Gasteiger partial charge on any atom is -0.484 e. The van der Waals surface area contributed by atoms with Crippen LogP contribution < -0.4 is 75.1 Å². The highest BCUT2D eigenvalue weighted by Gasteiger charge is 2.37. The molecule has 594 valence electrons. The van der Waals surface area contributed by atoms with Crippen LogP contribution in [0.2, 0.25) is 0 Å². The fourth-order valence-corrected chi connectivity index (χ4v) is 13.4. The Labute approximate surface area is 653 Å². The lowest BCUT2D eigenvalue weighted by molar-refractivity contribution is -0.134. The van der Waals surface area contributed by atoms with Crippen LogP contribution in [0.3, 0.4) is 0 Å². The second kappa shape index (κ2) is 40.1. The number of amides is 13. The highest BCUT2D eigenvalue weighted by Crippen LogP contribution is 2.46. The van der Waals surface area contributed by atoms with E-state index in [2.05, 4.69) is 58.2 Å². The molecule has 7 aromatic rings. The molecule has 9 rings (SSSR count). The molecule has 0 saturated carbocycles. The zero-order valence-corrected chi connectivity index (χ0v) is 63.6. The van der Waals surface area contributed by atoms with Crippen LogP contribution in [-0.2, 0) is 75.1 Å². The fraction of sp³-hybridized carbons (Fsp3) is 0.349. The minimum atomic E-state index is -1.56. The number of benzene rings is 6. The molecular formula is C83H96N14O16. The Morgan fingerprint density at radius 2 is 0.673 bits per heavy atom. The van der Waals surface area contributed by atoms with Gasteiger partial charge in [-0.15, -0.1) is 0 Å². The number of ether oxygens (including phenoxy) is 3. The van der Waals surface area contributed by atoms with Gasteiger partial charge in [0.05, 0.1) is 0 Å². The minimum absolute atomic E-state index is 0.0305. The van der Waals surface area contributed by atoms with Gasteiger partial charge in [0.15, 0.2) is 6.61 Å². The fourth-order valence-electron chi connectivity index (χ4n) is 13.4. The number of hydrogen-bond acceptors (Lipinski definition) is 17. The van der Waals surface area contributed by atoms with Crippen molar-refractivity contribution in [1.82, 2.24) is 47.5 Å². The van der Waals surface area contributed by atoms with Gasteiger partial charge < -0.3 is 84.6 Å². The van der Waals surface area contributed by atoms with E-state index in [1.807, 2.05) is 97.1 Å². The standard InChI is InChI=1S/C83H96N14O16/c1-46(2)37-65(91-74(101)48(5)87-82(109)112-43-61-57-29-17-13-25-53(57)54-26-14-18-30-58(54)61)78(105)89-63(33-35-69(84)98)76(103)93-67(39-50-21-9-7-10-22-50)80(107)96-72-41-52(111-45-71(86)100)42-73(95-72)97-81(108)68(40-51-23-11-8-12-24-51)94-77(104)64(34-36-70(85)99)90-79(106)66(38-47(3)4)92-75(102)49(6)88-83(110)113-44-62-59-31-19-15-27-55(59)56-28-16-20-32-60(56)62/h7-32,41-42,46-49,61-68H,33-40,43-45H2,1-6H3,(H2,84,98)(H2,85,99)(H2,86,100)(H,87,109)(H,88,110)(H,89,105)(H,90,106)(H,91,101)(H,92,102)(H,93,103)(H,94,104)(H2,95,96,97,107,108)/t48-,49-,63-,64-,65-,66-,67-,68-/m0/s1. The summed E-state index contributed by atoms with van der Waals surface area (Å²) in [5, 5.41) is 26.2. The monoisotopic (exact) mass is 1540 g/mol. The van der Waals surface area contributed by atoms with Crippen LogP contribution >= 0.6 is 0 Å². The van der Waals surface area contributed by atoms with Crippen molar-refractivity contribution in [3.63, 3.8) is 0 Å². The van der Waals surface area contributed by atoms with E-state index in [1.54, 1.807) is 88.4 Å². The predicted octanol–water partition coefficient (Wildman–Crippen LogP) is 5.69. The second-order valence-electron chi connectivity index (χ2n) is 28.7. The van der Waals surface area contributed by atoms with Gasteiger partial charge in [-0.1, -0.05) is 185 Å². The number of nitrogens with zero attached hydrogens (tertiary/aromatic N) is 1. The Hall–Kier alpha value is -13.0. The van der Waals surface area contributed by atoms with Gasteiger partial charge in [0.1, 0.15) is 78.9 Å². The molecule has 113 heavy (non-hydrogen) atoms. The number of aromatic nitrogens is 1. The summed E-state index contributed by atoms with van der Waals surface area (Å²) in [5.74, 6) is -11.5. The summed E-state index contributed by atoms with van der Waals surface area (Å²) in [6, 6.07) is 39.2. The van der Waals surface area contributed by atoms with Gasteiger partial charge in [-0.2, -0.15) is 0 Å². The molecule has 2 aliphatic rings. The van der Waals surface area contributed by atoms with Crippen LogP contribution in [0, 0.1) is 11.8 Å². The summed E-state index contributed by atoms with van der Waals surface area (Å²) in [6.45, 7) is 9.19. The number of nitrogens with one attached hydrogen (secondary N) is 10. The van der Waals surface area contributed by atoms with Crippen LogP contribution in [0.15, 0.2) is 170 Å². The van der Waals surface area contributed by atoms with E-state index in [0.29, 0.717) is 11.1 Å². The van der Waals surface area contributed by atoms with Crippen LogP contribution in [0.1, 0.15) is 125 Å². The molecular weight excluding hydrogens is 1450 g/mol. The number of anilines is 2. The first-order valence-electron chi connectivity index (χ1n) is 37.3. The van der Waals surface area contributed by atoms with Crippen LogP contribution in [-0.4, -0.2) is 150 Å². The number of pyridine rings is 1. The van der Waals surface area contributed by atoms with Gasteiger partial charge in [-0.25, -0.2) is 14.6 Å². The van der Waals surface area contributed by atoms with Crippen LogP contribution in [0.25, 0.3) is 22.3 Å². The highest BCUT2D eigenvalue weighted by molar-refractivity contribution is 6.02. The van der Waals surface area contributed by atoms with Crippen molar-refractivity contribution >= 4 is 88.8 Å². The Morgan fingerprint density at radius 3 is 1.00 bits per heavy atom. The smallest absolute Gasteiger partial charge is 0.407 e. The molecule has 1 aromatic heterocycles. The van der Waals surface area contributed by atoms with Gasteiger partial charge in [0.25, 0.3) is 5.91 Å². The van der Waals surface area contributed by atoms with Crippen molar-refractivity contribution in [2.45, 2.75) is 153 Å². The predicted molar refractivity (Wildman–Crippen MR) is 419 cm³/mol. The Balaban J connectivity index is 0.878.